The quantitative estimate of drug-likeness (QED) is 0.770. The third-order valence-electron chi connectivity index (χ3n) is 3.79. The summed E-state index contributed by atoms with van der Waals surface area (Å²) in [4.78, 5) is 16.7. The first kappa shape index (κ1) is 16.9. The molecule has 1 aliphatic rings. The number of aromatic amines is 1. The van der Waals surface area contributed by atoms with Crippen molar-refractivity contribution in [2.24, 2.45) is 0 Å². The summed E-state index contributed by atoms with van der Waals surface area (Å²) in [7, 11) is 0. The van der Waals surface area contributed by atoms with Crippen LogP contribution in [0.3, 0.4) is 0 Å². The Bertz CT molecular complexity index is 695. The van der Waals surface area contributed by atoms with Crippen molar-refractivity contribution in [1.82, 2.24) is 20.5 Å². The minimum absolute atomic E-state index is 0.0547. The van der Waals surface area contributed by atoms with Gasteiger partial charge in [-0.05, 0) is 18.6 Å². The molecule has 2 aromatic heterocycles. The van der Waals surface area contributed by atoms with Gasteiger partial charge in [-0.15, -0.1) is 0 Å². The number of anilines is 1. The van der Waals surface area contributed by atoms with Gasteiger partial charge >= 0.3 is 0 Å². The van der Waals surface area contributed by atoms with Crippen LogP contribution in [0.15, 0.2) is 18.3 Å². The normalized spacial score (nSPS) is 17.7. The van der Waals surface area contributed by atoms with Crippen molar-refractivity contribution >= 4 is 23.2 Å². The van der Waals surface area contributed by atoms with Crippen molar-refractivity contribution < 1.29 is 9.53 Å². The second kappa shape index (κ2) is 7.74. The Labute approximate surface area is 145 Å². The van der Waals surface area contributed by atoms with E-state index in [0.717, 1.165) is 37.3 Å². The van der Waals surface area contributed by atoms with E-state index in [-0.39, 0.29) is 17.7 Å². The molecule has 0 saturated carbocycles. The maximum absolute atomic E-state index is 12.3. The Morgan fingerprint density at radius 2 is 2.38 bits per heavy atom. The van der Waals surface area contributed by atoms with Crippen LogP contribution in [0.5, 0.6) is 0 Å². The number of aryl methyl sites for hydroxylation is 1. The molecule has 1 saturated heterocycles. The summed E-state index contributed by atoms with van der Waals surface area (Å²) in [6.07, 6.45) is 3.23. The molecule has 0 aliphatic carbocycles. The second-order valence-corrected chi connectivity index (χ2v) is 5.98. The van der Waals surface area contributed by atoms with Crippen LogP contribution in [-0.2, 0) is 11.2 Å². The number of halogens is 1. The summed E-state index contributed by atoms with van der Waals surface area (Å²) in [6.45, 7) is 4.30. The van der Waals surface area contributed by atoms with E-state index in [0.29, 0.717) is 17.3 Å². The number of hydrogen-bond acceptors (Lipinski definition) is 5. The number of amides is 1. The number of pyridine rings is 1. The second-order valence-electron chi connectivity index (χ2n) is 5.60. The van der Waals surface area contributed by atoms with Crippen LogP contribution in [0.25, 0.3) is 0 Å². The molecule has 0 bridgehead atoms. The zero-order chi connectivity index (χ0) is 16.9. The summed E-state index contributed by atoms with van der Waals surface area (Å²) < 4.78 is 5.65. The molecule has 0 aromatic carbocycles. The molecule has 128 valence electrons. The first-order valence-electron chi connectivity index (χ1n) is 8.01. The lowest BCUT2D eigenvalue weighted by molar-refractivity contribution is 0.0250. The van der Waals surface area contributed by atoms with Gasteiger partial charge in [0.05, 0.1) is 34.9 Å². The van der Waals surface area contributed by atoms with E-state index < -0.39 is 0 Å². The maximum Gasteiger partial charge on any atom is 0.277 e. The van der Waals surface area contributed by atoms with Gasteiger partial charge in [-0.2, -0.15) is 5.10 Å². The Hall–Kier alpha value is -1.96. The van der Waals surface area contributed by atoms with Crippen LogP contribution in [0.1, 0.15) is 41.3 Å². The number of H-pyrrole nitrogens is 1. The van der Waals surface area contributed by atoms with E-state index in [9.17, 15) is 4.79 Å². The first-order valence-corrected chi connectivity index (χ1v) is 8.39. The molecule has 0 unspecified atom stereocenters. The van der Waals surface area contributed by atoms with Gasteiger partial charge in [0.1, 0.15) is 6.10 Å². The zero-order valence-electron chi connectivity index (χ0n) is 13.4. The highest BCUT2D eigenvalue weighted by atomic mass is 35.5. The highest BCUT2D eigenvalue weighted by Crippen LogP contribution is 2.22. The Balaban J connectivity index is 1.66. The highest BCUT2D eigenvalue weighted by Gasteiger charge is 2.19. The van der Waals surface area contributed by atoms with Crippen molar-refractivity contribution in [2.75, 3.05) is 25.0 Å². The van der Waals surface area contributed by atoms with Crippen molar-refractivity contribution in [3.05, 3.63) is 40.4 Å². The number of carbonyl (C=O) groups is 1. The predicted molar refractivity (Wildman–Crippen MR) is 91.3 cm³/mol. The van der Waals surface area contributed by atoms with Crippen LogP contribution in [-0.4, -0.2) is 40.8 Å². The molecule has 1 fully saturated rings. The van der Waals surface area contributed by atoms with E-state index in [2.05, 4.69) is 25.8 Å². The molecule has 8 heteroatoms. The molecule has 3 rings (SSSR count). The summed E-state index contributed by atoms with van der Waals surface area (Å²) in [5.41, 5.74) is 2.40. The smallest absolute Gasteiger partial charge is 0.277 e. The fourth-order valence-corrected chi connectivity index (χ4v) is 2.81. The van der Waals surface area contributed by atoms with E-state index in [1.54, 1.807) is 12.3 Å². The zero-order valence-corrected chi connectivity index (χ0v) is 14.2. The van der Waals surface area contributed by atoms with Crippen molar-refractivity contribution in [1.29, 1.82) is 0 Å². The van der Waals surface area contributed by atoms with Crippen LogP contribution in [0.4, 0.5) is 5.69 Å². The van der Waals surface area contributed by atoms with Gasteiger partial charge < -0.3 is 15.4 Å². The molecule has 3 N–H and O–H groups in total. The number of morpholine rings is 1. The van der Waals surface area contributed by atoms with Gasteiger partial charge in [0.15, 0.2) is 5.69 Å². The van der Waals surface area contributed by atoms with Crippen LogP contribution in [0.2, 0.25) is 5.02 Å². The molecule has 1 atom stereocenters. The van der Waals surface area contributed by atoms with Gasteiger partial charge in [-0.3, -0.25) is 14.9 Å². The van der Waals surface area contributed by atoms with Gasteiger partial charge in [-0.25, -0.2) is 0 Å². The molecule has 3 heterocycles. The van der Waals surface area contributed by atoms with Crippen LogP contribution in [0, 0.1) is 0 Å². The minimum atomic E-state index is -0.358. The molecule has 2 aromatic rings. The van der Waals surface area contributed by atoms with Gasteiger partial charge in [0.2, 0.25) is 0 Å². The van der Waals surface area contributed by atoms with E-state index >= 15 is 0 Å². The molecule has 0 radical (unpaired) electrons. The summed E-state index contributed by atoms with van der Waals surface area (Å²) in [6, 6.07) is 3.65. The summed E-state index contributed by atoms with van der Waals surface area (Å²) in [5.74, 6) is -0.358. The number of aromatic nitrogens is 3. The molecule has 0 spiro atoms. The topological polar surface area (TPSA) is 91.9 Å². The Morgan fingerprint density at radius 1 is 1.50 bits per heavy atom. The number of carbonyl (C=O) groups excluding carboxylic acids is 1. The van der Waals surface area contributed by atoms with E-state index in [1.165, 1.54) is 0 Å². The number of nitrogens with zero attached hydrogens (tertiary/aromatic N) is 2. The lowest BCUT2D eigenvalue weighted by Gasteiger charge is -2.23. The third kappa shape index (κ3) is 3.75. The summed E-state index contributed by atoms with van der Waals surface area (Å²) >= 11 is 6.20. The lowest BCUT2D eigenvalue weighted by atomic mass is 10.2. The number of rotatable bonds is 5. The number of nitrogens with one attached hydrogen (secondary N) is 3. The molecule has 7 nitrogen and oxygen atoms in total. The molecule has 1 aliphatic heterocycles. The fraction of sp³-hybridized carbons (Fsp3) is 0.438. The van der Waals surface area contributed by atoms with Crippen LogP contribution < -0.4 is 10.6 Å². The fourth-order valence-electron chi connectivity index (χ4n) is 2.55. The first-order chi connectivity index (χ1) is 11.7. The third-order valence-corrected chi connectivity index (χ3v) is 4.20. The van der Waals surface area contributed by atoms with Crippen molar-refractivity contribution in [3.63, 3.8) is 0 Å². The highest BCUT2D eigenvalue weighted by molar-refractivity contribution is 6.34. The molecular weight excluding hydrogens is 330 g/mol. The Morgan fingerprint density at radius 3 is 3.04 bits per heavy atom. The largest absolute Gasteiger partial charge is 0.369 e. The molecular formula is C16H20ClN5O2. The lowest BCUT2D eigenvalue weighted by Crippen LogP contribution is -2.33. The summed E-state index contributed by atoms with van der Waals surface area (Å²) in [5, 5.41) is 13.2. The average molecular weight is 350 g/mol. The minimum Gasteiger partial charge on any atom is -0.369 e. The average Bonchev–Trinajstić information content (AvgIpc) is 2.98. The van der Waals surface area contributed by atoms with Crippen molar-refractivity contribution in [3.8, 4) is 0 Å². The van der Waals surface area contributed by atoms with Gasteiger partial charge in [0, 0.05) is 13.1 Å². The maximum atomic E-state index is 12.3. The van der Waals surface area contributed by atoms with Gasteiger partial charge in [0.25, 0.3) is 5.91 Å². The Kier molecular flexibility index (Phi) is 5.44. The van der Waals surface area contributed by atoms with Gasteiger partial charge in [-0.1, -0.05) is 24.9 Å². The number of ether oxygens (including phenoxy) is 1. The van der Waals surface area contributed by atoms with E-state index in [1.807, 2.05) is 13.0 Å². The SMILES string of the molecule is CCCc1[nH]nc(C(=O)Nc2ccc([C@H]3CNCCO3)nc2)c1Cl. The van der Waals surface area contributed by atoms with Crippen LogP contribution >= 0.6 is 11.6 Å². The standard InChI is InChI=1S/C16H20ClN5O2/c1-2-3-12-14(17)15(22-21-12)16(23)20-10-4-5-11(19-8-10)13-9-18-6-7-24-13/h4-5,8,13,18H,2-3,6-7,9H2,1H3,(H,20,23)(H,21,22)/t13-/m1/s1. The monoisotopic (exact) mass is 349 g/mol. The van der Waals surface area contributed by atoms with Crippen molar-refractivity contribution in [2.45, 2.75) is 25.9 Å². The van der Waals surface area contributed by atoms with E-state index in [4.69, 9.17) is 16.3 Å². The molecule has 1 amide bonds. The number of hydrogen-bond donors (Lipinski definition) is 3. The molecule has 24 heavy (non-hydrogen) atoms. The predicted octanol–water partition coefficient (Wildman–Crippen LogP) is 2.32.